The number of primary amides is 1. The molecule has 2 rings (SSSR count). The number of rotatable bonds is 5. The number of carbonyl (C=O) groups is 1. The van der Waals surface area contributed by atoms with Gasteiger partial charge in [-0.15, -0.1) is 0 Å². The quantitative estimate of drug-likeness (QED) is 0.879. The van der Waals surface area contributed by atoms with Crippen molar-refractivity contribution in [3.05, 3.63) is 71.0 Å². The van der Waals surface area contributed by atoms with E-state index < -0.39 is 0 Å². The molecule has 0 aromatic heterocycles. The third kappa shape index (κ3) is 3.91. The molecule has 2 N–H and O–H groups in total. The number of nitrogens with two attached hydrogens (primary N) is 1. The van der Waals surface area contributed by atoms with E-state index in [-0.39, 0.29) is 11.7 Å². The average Bonchev–Trinajstić information content (AvgIpc) is 2.40. The second-order valence-corrected chi connectivity index (χ2v) is 4.55. The summed E-state index contributed by atoms with van der Waals surface area (Å²) >= 11 is 0. The average molecular weight is 257 g/mol. The molecule has 1 amide bonds. The molecule has 2 aromatic carbocycles. The van der Waals surface area contributed by atoms with Crippen molar-refractivity contribution >= 4 is 5.91 Å². The zero-order valence-corrected chi connectivity index (χ0v) is 10.6. The molecule has 0 bridgehead atoms. The van der Waals surface area contributed by atoms with E-state index in [9.17, 15) is 9.18 Å². The number of hydrogen-bond donors (Lipinski definition) is 1. The Morgan fingerprint density at radius 3 is 2.53 bits per heavy atom. The Morgan fingerprint density at radius 1 is 1.05 bits per heavy atom. The van der Waals surface area contributed by atoms with Crippen molar-refractivity contribution in [2.45, 2.75) is 19.3 Å². The Morgan fingerprint density at radius 2 is 1.79 bits per heavy atom. The van der Waals surface area contributed by atoms with Crippen molar-refractivity contribution in [2.24, 2.45) is 5.73 Å². The van der Waals surface area contributed by atoms with Crippen LogP contribution < -0.4 is 5.73 Å². The molecule has 0 unspecified atom stereocenters. The van der Waals surface area contributed by atoms with Crippen LogP contribution in [0.3, 0.4) is 0 Å². The lowest BCUT2D eigenvalue weighted by atomic mass is 10.0. The Kier molecular flexibility index (Phi) is 4.29. The van der Waals surface area contributed by atoms with Gasteiger partial charge >= 0.3 is 0 Å². The summed E-state index contributed by atoms with van der Waals surface area (Å²) in [5, 5.41) is 0. The van der Waals surface area contributed by atoms with Crippen LogP contribution in [0, 0.1) is 5.82 Å². The van der Waals surface area contributed by atoms with Crippen LogP contribution in [0.1, 0.15) is 23.1 Å². The highest BCUT2D eigenvalue weighted by Gasteiger charge is 2.03. The fourth-order valence-electron chi connectivity index (χ4n) is 2.02. The molecule has 0 saturated heterocycles. The first-order chi connectivity index (χ1) is 9.15. The molecule has 2 aromatic rings. The van der Waals surface area contributed by atoms with E-state index in [1.807, 2.05) is 30.3 Å². The summed E-state index contributed by atoms with van der Waals surface area (Å²) in [5.74, 6) is -0.496. The molecule has 98 valence electrons. The van der Waals surface area contributed by atoms with E-state index in [2.05, 4.69) is 0 Å². The smallest absolute Gasteiger partial charge is 0.217 e. The topological polar surface area (TPSA) is 43.1 Å². The molecule has 2 nitrogen and oxygen atoms in total. The van der Waals surface area contributed by atoms with Gasteiger partial charge < -0.3 is 5.73 Å². The molecule has 0 heterocycles. The monoisotopic (exact) mass is 257 g/mol. The summed E-state index contributed by atoms with van der Waals surface area (Å²) in [7, 11) is 0. The second kappa shape index (κ2) is 6.14. The summed E-state index contributed by atoms with van der Waals surface area (Å²) in [4.78, 5) is 10.8. The number of carbonyl (C=O) groups excluding carboxylic acids is 1. The third-order valence-electron chi connectivity index (χ3n) is 3.00. The van der Waals surface area contributed by atoms with E-state index >= 15 is 0 Å². The fourth-order valence-corrected chi connectivity index (χ4v) is 2.02. The maximum absolute atomic E-state index is 13.6. The molecule has 0 radical (unpaired) electrons. The highest BCUT2D eigenvalue weighted by molar-refractivity contribution is 5.74. The zero-order chi connectivity index (χ0) is 13.7. The summed E-state index contributed by atoms with van der Waals surface area (Å²) in [6.45, 7) is 0. The summed E-state index contributed by atoms with van der Waals surface area (Å²) in [5.41, 5.74) is 7.89. The zero-order valence-electron chi connectivity index (χ0n) is 10.6. The number of halogens is 1. The van der Waals surface area contributed by atoms with Crippen molar-refractivity contribution in [1.29, 1.82) is 0 Å². The number of amides is 1. The van der Waals surface area contributed by atoms with Crippen LogP contribution in [0.5, 0.6) is 0 Å². The van der Waals surface area contributed by atoms with E-state index in [0.29, 0.717) is 24.8 Å². The third-order valence-corrected chi connectivity index (χ3v) is 3.00. The van der Waals surface area contributed by atoms with E-state index in [1.54, 1.807) is 12.1 Å². The first-order valence-corrected chi connectivity index (χ1v) is 6.24. The van der Waals surface area contributed by atoms with Crippen LogP contribution in [0.4, 0.5) is 4.39 Å². The van der Waals surface area contributed by atoms with E-state index in [1.165, 1.54) is 6.07 Å². The van der Waals surface area contributed by atoms with Gasteiger partial charge in [-0.2, -0.15) is 0 Å². The Bertz CT molecular complexity index is 580. The van der Waals surface area contributed by atoms with Crippen molar-refractivity contribution in [3.63, 3.8) is 0 Å². The van der Waals surface area contributed by atoms with E-state index in [4.69, 9.17) is 5.73 Å². The van der Waals surface area contributed by atoms with E-state index in [0.717, 1.165) is 11.1 Å². The minimum Gasteiger partial charge on any atom is -0.370 e. The van der Waals surface area contributed by atoms with Gasteiger partial charge in [0, 0.05) is 12.8 Å². The normalized spacial score (nSPS) is 10.4. The molecule has 19 heavy (non-hydrogen) atoms. The van der Waals surface area contributed by atoms with Crippen molar-refractivity contribution < 1.29 is 9.18 Å². The molecular weight excluding hydrogens is 241 g/mol. The van der Waals surface area contributed by atoms with Crippen molar-refractivity contribution in [1.82, 2.24) is 0 Å². The maximum Gasteiger partial charge on any atom is 0.217 e. The predicted molar refractivity (Wildman–Crippen MR) is 73.2 cm³/mol. The lowest BCUT2D eigenvalue weighted by molar-refractivity contribution is -0.117. The highest BCUT2D eigenvalue weighted by Crippen LogP contribution is 2.15. The van der Waals surface area contributed by atoms with Gasteiger partial charge in [0.25, 0.3) is 0 Å². The van der Waals surface area contributed by atoms with Gasteiger partial charge in [-0.3, -0.25) is 4.79 Å². The van der Waals surface area contributed by atoms with Crippen molar-refractivity contribution in [2.75, 3.05) is 0 Å². The van der Waals surface area contributed by atoms with Gasteiger partial charge in [-0.25, -0.2) is 4.39 Å². The van der Waals surface area contributed by atoms with Crippen LogP contribution in [0.2, 0.25) is 0 Å². The van der Waals surface area contributed by atoms with Crippen molar-refractivity contribution in [3.8, 4) is 0 Å². The van der Waals surface area contributed by atoms with Crippen LogP contribution in [-0.4, -0.2) is 5.91 Å². The maximum atomic E-state index is 13.6. The molecule has 3 heteroatoms. The van der Waals surface area contributed by atoms with Gasteiger partial charge in [-0.05, 0) is 29.2 Å². The summed E-state index contributed by atoms with van der Waals surface area (Å²) in [6.07, 6.45) is 1.51. The fraction of sp³-hybridized carbons (Fsp3) is 0.188. The molecule has 0 atom stereocenters. The Hall–Kier alpha value is -2.16. The summed E-state index contributed by atoms with van der Waals surface area (Å²) in [6, 6.07) is 14.6. The van der Waals surface area contributed by atoms with Crippen LogP contribution >= 0.6 is 0 Å². The molecular formula is C16H16FNO. The highest BCUT2D eigenvalue weighted by atomic mass is 19.1. The predicted octanol–water partition coefficient (Wildman–Crippen LogP) is 2.83. The van der Waals surface area contributed by atoms with Gasteiger partial charge in [0.2, 0.25) is 5.91 Å². The Labute approximate surface area is 112 Å². The van der Waals surface area contributed by atoms with Gasteiger partial charge in [0.1, 0.15) is 5.82 Å². The SMILES string of the molecule is NC(=O)CCc1cccc(Cc2ccccc2F)c1. The summed E-state index contributed by atoms with van der Waals surface area (Å²) < 4.78 is 13.6. The lowest BCUT2D eigenvalue weighted by Crippen LogP contribution is -2.11. The number of aryl methyl sites for hydroxylation is 1. The number of hydrogen-bond acceptors (Lipinski definition) is 1. The van der Waals surface area contributed by atoms with Gasteiger partial charge in [-0.1, -0.05) is 42.5 Å². The van der Waals surface area contributed by atoms with Gasteiger partial charge in [0.15, 0.2) is 0 Å². The largest absolute Gasteiger partial charge is 0.370 e. The minimum absolute atomic E-state index is 0.190. The van der Waals surface area contributed by atoms with Crippen LogP contribution in [-0.2, 0) is 17.6 Å². The van der Waals surface area contributed by atoms with Crippen LogP contribution in [0.25, 0.3) is 0 Å². The number of benzene rings is 2. The molecule has 0 fully saturated rings. The van der Waals surface area contributed by atoms with Crippen LogP contribution in [0.15, 0.2) is 48.5 Å². The molecule has 0 aliphatic carbocycles. The lowest BCUT2D eigenvalue weighted by Gasteiger charge is -2.06. The van der Waals surface area contributed by atoms with Gasteiger partial charge in [0.05, 0.1) is 0 Å². The standard InChI is InChI=1S/C16H16FNO/c17-15-7-2-1-6-14(15)11-13-5-3-4-12(10-13)8-9-16(18)19/h1-7,10H,8-9,11H2,(H2,18,19). The molecule has 0 spiro atoms. The Balaban J connectivity index is 2.11. The molecule has 0 saturated carbocycles. The first kappa shape index (κ1) is 13.3. The first-order valence-electron chi connectivity index (χ1n) is 6.24. The molecule has 0 aliphatic heterocycles. The second-order valence-electron chi connectivity index (χ2n) is 4.55. The molecule has 0 aliphatic rings. The minimum atomic E-state index is -0.306.